The van der Waals surface area contributed by atoms with Gasteiger partial charge in [-0.15, -0.1) is 0 Å². The fraction of sp³-hybridized carbons (Fsp3) is 0.469. The van der Waals surface area contributed by atoms with Crippen LogP contribution in [0.4, 0.5) is 4.79 Å². The molecule has 0 aliphatic carbocycles. The van der Waals surface area contributed by atoms with Gasteiger partial charge < -0.3 is 29.0 Å². The zero-order valence-electron chi connectivity index (χ0n) is 27.2. The zero-order chi connectivity index (χ0) is 34.0. The van der Waals surface area contributed by atoms with Crippen molar-refractivity contribution in [2.24, 2.45) is 0 Å². The summed E-state index contributed by atoms with van der Waals surface area (Å²) in [6, 6.07) is 10.5. The fourth-order valence-electron chi connectivity index (χ4n) is 3.47. The van der Waals surface area contributed by atoms with E-state index in [0.29, 0.717) is 5.56 Å². The van der Waals surface area contributed by atoms with Gasteiger partial charge in [-0.1, -0.05) is 12.1 Å². The van der Waals surface area contributed by atoms with Gasteiger partial charge in [-0.3, -0.25) is 20.4 Å². The van der Waals surface area contributed by atoms with Gasteiger partial charge in [0.1, 0.15) is 16.8 Å². The molecule has 0 spiro atoms. The fourth-order valence-corrected chi connectivity index (χ4v) is 3.47. The number of carbonyl (C=O) groups excluding carboxylic acids is 5. The number of rotatable bonds is 10. The Hall–Kier alpha value is -4.81. The lowest BCUT2D eigenvalue weighted by Crippen LogP contribution is -2.41. The van der Waals surface area contributed by atoms with Crippen molar-refractivity contribution in [3.8, 4) is 11.5 Å². The summed E-state index contributed by atoms with van der Waals surface area (Å²) in [4.78, 5) is 62.0. The minimum atomic E-state index is -0.745. The minimum Gasteiger partial charge on any atom is -0.478 e. The zero-order valence-corrected chi connectivity index (χ0v) is 27.2. The van der Waals surface area contributed by atoms with Crippen molar-refractivity contribution < 1.29 is 47.7 Å². The van der Waals surface area contributed by atoms with Crippen LogP contribution in [0.1, 0.15) is 88.6 Å². The molecule has 13 heteroatoms. The first-order chi connectivity index (χ1) is 20.7. The number of carbonyl (C=O) groups is 5. The molecule has 13 nitrogen and oxygen atoms in total. The summed E-state index contributed by atoms with van der Waals surface area (Å²) < 4.78 is 26.9. The molecule has 0 aliphatic heterocycles. The maximum Gasteiger partial charge on any atom is 0.407 e. The maximum absolute atomic E-state index is 12.9. The maximum atomic E-state index is 12.9. The molecular formula is C32H43N3O10. The molecule has 3 amide bonds. The first kappa shape index (κ1) is 36.4. The number of alkyl carbamates (subject to hydrolysis) is 1. The summed E-state index contributed by atoms with van der Waals surface area (Å²) in [5, 5.41) is 2.62. The molecule has 45 heavy (non-hydrogen) atoms. The van der Waals surface area contributed by atoms with Gasteiger partial charge in [0.15, 0.2) is 24.7 Å². The number of esters is 2. The van der Waals surface area contributed by atoms with Gasteiger partial charge in [-0.05, 0) is 98.2 Å². The van der Waals surface area contributed by atoms with Crippen LogP contribution in [0.2, 0.25) is 0 Å². The first-order valence-electron chi connectivity index (χ1n) is 14.2. The summed E-state index contributed by atoms with van der Waals surface area (Å²) in [6.07, 6.45) is -0.597. The van der Waals surface area contributed by atoms with Crippen LogP contribution in [-0.2, 0) is 30.3 Å². The SMILES string of the molecule is CC(C)(C)OC(=O)COc1ccc(C(=O)NNC(=O)c2cccc(CNC(=O)OC(C)(C)C)c2)cc1OCC(=O)OC(C)(C)C. The van der Waals surface area contributed by atoms with Crippen LogP contribution in [-0.4, -0.2) is 59.9 Å². The Morgan fingerprint density at radius 1 is 0.600 bits per heavy atom. The summed E-state index contributed by atoms with van der Waals surface area (Å²) in [5.74, 6) is -2.55. The average molecular weight is 630 g/mol. The highest BCUT2D eigenvalue weighted by Gasteiger charge is 2.21. The van der Waals surface area contributed by atoms with Crippen LogP contribution in [0, 0.1) is 0 Å². The Kier molecular flexibility index (Phi) is 12.3. The largest absolute Gasteiger partial charge is 0.478 e. The molecule has 0 saturated carbocycles. The van der Waals surface area contributed by atoms with E-state index >= 15 is 0 Å². The third-order valence-electron chi connectivity index (χ3n) is 5.05. The van der Waals surface area contributed by atoms with E-state index in [-0.39, 0.29) is 29.2 Å². The second-order valence-electron chi connectivity index (χ2n) is 12.9. The Morgan fingerprint density at radius 2 is 1.09 bits per heavy atom. The second-order valence-corrected chi connectivity index (χ2v) is 12.9. The van der Waals surface area contributed by atoms with Crippen molar-refractivity contribution in [2.75, 3.05) is 13.2 Å². The molecule has 0 aromatic heterocycles. The predicted octanol–water partition coefficient (Wildman–Crippen LogP) is 4.23. The standard InChI is InChI=1S/C32H43N3O10/c1-30(2,3)43-25(36)18-41-23-14-13-22(16-24(23)42-19-26(37)44-31(4,5)6)28(39)35-34-27(38)21-12-10-11-20(15-21)17-33-29(40)45-32(7,8)9/h10-16H,17-19H2,1-9H3,(H,33,40)(H,34,38)(H,35,39). The molecule has 3 N–H and O–H groups in total. The molecule has 0 aliphatic rings. The Balaban J connectivity index is 2.10. The van der Waals surface area contributed by atoms with Crippen LogP contribution in [0.15, 0.2) is 42.5 Å². The molecule has 2 aromatic rings. The monoisotopic (exact) mass is 629 g/mol. The quantitative estimate of drug-likeness (QED) is 0.197. The van der Waals surface area contributed by atoms with Gasteiger partial charge >= 0.3 is 18.0 Å². The summed E-state index contributed by atoms with van der Waals surface area (Å²) in [5.41, 5.74) is 3.45. The van der Waals surface area contributed by atoms with Gasteiger partial charge in [-0.25, -0.2) is 14.4 Å². The van der Waals surface area contributed by atoms with Gasteiger partial charge in [0, 0.05) is 17.7 Å². The lowest BCUT2D eigenvalue weighted by atomic mass is 10.1. The van der Waals surface area contributed by atoms with Crippen LogP contribution in [0.3, 0.4) is 0 Å². The number of nitrogens with one attached hydrogen (secondary N) is 3. The third-order valence-corrected chi connectivity index (χ3v) is 5.05. The van der Waals surface area contributed by atoms with E-state index in [1.165, 1.54) is 24.3 Å². The van der Waals surface area contributed by atoms with E-state index in [0.717, 1.165) is 0 Å². The molecule has 0 unspecified atom stereocenters. The number of hydrogen-bond acceptors (Lipinski definition) is 10. The number of hydrazine groups is 1. The molecule has 0 fully saturated rings. The van der Waals surface area contributed by atoms with Gasteiger partial charge in [-0.2, -0.15) is 0 Å². The lowest BCUT2D eigenvalue weighted by molar-refractivity contribution is -0.158. The normalized spacial score (nSPS) is 11.5. The van der Waals surface area contributed by atoms with E-state index in [4.69, 9.17) is 23.7 Å². The number of ether oxygens (including phenoxy) is 5. The highest BCUT2D eigenvalue weighted by atomic mass is 16.6. The molecule has 2 aromatic carbocycles. The molecule has 0 radical (unpaired) electrons. The Labute approximate surface area is 263 Å². The van der Waals surface area contributed by atoms with Crippen molar-refractivity contribution in [3.05, 3.63) is 59.2 Å². The molecule has 246 valence electrons. The molecule has 0 bridgehead atoms. The van der Waals surface area contributed by atoms with Crippen molar-refractivity contribution in [1.29, 1.82) is 0 Å². The predicted molar refractivity (Wildman–Crippen MR) is 164 cm³/mol. The van der Waals surface area contributed by atoms with Crippen molar-refractivity contribution in [1.82, 2.24) is 16.2 Å². The van der Waals surface area contributed by atoms with Crippen LogP contribution < -0.4 is 25.6 Å². The number of hydrogen-bond donors (Lipinski definition) is 3. The van der Waals surface area contributed by atoms with Crippen LogP contribution in [0.5, 0.6) is 11.5 Å². The van der Waals surface area contributed by atoms with Crippen molar-refractivity contribution in [3.63, 3.8) is 0 Å². The summed E-state index contributed by atoms with van der Waals surface area (Å²) in [6.45, 7) is 14.7. The van der Waals surface area contributed by atoms with Crippen molar-refractivity contribution in [2.45, 2.75) is 85.7 Å². The van der Waals surface area contributed by atoms with E-state index in [1.807, 2.05) is 0 Å². The van der Waals surface area contributed by atoms with Crippen LogP contribution in [0.25, 0.3) is 0 Å². The van der Waals surface area contributed by atoms with E-state index < -0.39 is 59.9 Å². The van der Waals surface area contributed by atoms with Gasteiger partial charge in [0.05, 0.1) is 0 Å². The smallest absolute Gasteiger partial charge is 0.407 e. The molecule has 0 atom stereocenters. The third kappa shape index (κ3) is 14.5. The molecular weight excluding hydrogens is 586 g/mol. The van der Waals surface area contributed by atoms with Crippen LogP contribution >= 0.6 is 0 Å². The van der Waals surface area contributed by atoms with E-state index in [2.05, 4.69) is 16.2 Å². The molecule has 0 heterocycles. The highest BCUT2D eigenvalue weighted by molar-refractivity contribution is 5.99. The average Bonchev–Trinajstić information content (AvgIpc) is 2.90. The number of benzene rings is 2. The molecule has 2 rings (SSSR count). The highest BCUT2D eigenvalue weighted by Crippen LogP contribution is 2.29. The minimum absolute atomic E-state index is 0.0198. The topological polar surface area (TPSA) is 168 Å². The Bertz CT molecular complexity index is 1380. The second kappa shape index (κ2) is 15.3. The van der Waals surface area contributed by atoms with E-state index in [1.54, 1.807) is 80.5 Å². The number of amides is 3. The van der Waals surface area contributed by atoms with Gasteiger partial charge in [0.25, 0.3) is 11.8 Å². The Morgan fingerprint density at radius 3 is 1.60 bits per heavy atom. The lowest BCUT2D eigenvalue weighted by Gasteiger charge is -2.21. The molecule has 0 saturated heterocycles. The van der Waals surface area contributed by atoms with E-state index in [9.17, 15) is 24.0 Å². The first-order valence-corrected chi connectivity index (χ1v) is 14.2. The summed E-state index contributed by atoms with van der Waals surface area (Å²) >= 11 is 0. The van der Waals surface area contributed by atoms with Crippen molar-refractivity contribution >= 4 is 29.8 Å². The van der Waals surface area contributed by atoms with Gasteiger partial charge in [0.2, 0.25) is 0 Å². The summed E-state index contributed by atoms with van der Waals surface area (Å²) in [7, 11) is 0.